The van der Waals surface area contributed by atoms with Gasteiger partial charge < -0.3 is 20.7 Å². The lowest BCUT2D eigenvalue weighted by Gasteiger charge is -2.26. The number of esters is 1. The van der Waals surface area contributed by atoms with Crippen LogP contribution in [0.4, 0.5) is 0 Å². The zero-order chi connectivity index (χ0) is 22.1. The summed E-state index contributed by atoms with van der Waals surface area (Å²) < 4.78 is 4.39. The van der Waals surface area contributed by atoms with Gasteiger partial charge in [0.05, 0.1) is 13.7 Å². The summed E-state index contributed by atoms with van der Waals surface area (Å²) in [5.74, 6) is -3.80. The Balaban J connectivity index is 0.000000218. The lowest BCUT2D eigenvalue weighted by molar-refractivity contribution is -0.162. The Labute approximate surface area is 174 Å². The van der Waals surface area contributed by atoms with Gasteiger partial charge in [-0.25, -0.2) is 9.59 Å². The summed E-state index contributed by atoms with van der Waals surface area (Å²) in [5, 5.41) is 19.8. The van der Waals surface area contributed by atoms with E-state index in [0.29, 0.717) is 0 Å². The fourth-order valence-corrected chi connectivity index (χ4v) is 3.38. The zero-order valence-electron chi connectivity index (χ0n) is 16.8. The van der Waals surface area contributed by atoms with Crippen LogP contribution in [0, 0.1) is 0 Å². The van der Waals surface area contributed by atoms with E-state index in [-0.39, 0.29) is 19.4 Å². The topological polar surface area (TPSA) is 139 Å². The lowest BCUT2D eigenvalue weighted by atomic mass is 9.93. The third-order valence-electron chi connectivity index (χ3n) is 4.90. The molecule has 0 radical (unpaired) electrons. The molecule has 8 nitrogen and oxygen atoms in total. The zero-order valence-corrected chi connectivity index (χ0v) is 16.8. The summed E-state index contributed by atoms with van der Waals surface area (Å²) in [5.41, 5.74) is 8.93. The van der Waals surface area contributed by atoms with Crippen molar-refractivity contribution in [3.05, 3.63) is 59.7 Å². The molecule has 1 atom stereocenters. The average molecular weight is 414 g/mol. The van der Waals surface area contributed by atoms with E-state index in [2.05, 4.69) is 58.6 Å². The molecular weight excluding hydrogens is 388 g/mol. The van der Waals surface area contributed by atoms with Crippen molar-refractivity contribution < 1.29 is 29.3 Å². The van der Waals surface area contributed by atoms with Crippen LogP contribution in [-0.4, -0.2) is 53.9 Å². The number of hydrogen-bond acceptors (Lipinski definition) is 6. The van der Waals surface area contributed by atoms with Crippen LogP contribution in [0.5, 0.6) is 0 Å². The first kappa shape index (κ1) is 23.1. The smallest absolute Gasteiger partial charge is 0.337 e. The number of fused-ring (bicyclic) bond motifs is 3. The van der Waals surface area contributed by atoms with Gasteiger partial charge in [0, 0.05) is 0 Å². The highest BCUT2D eigenvalue weighted by atomic mass is 16.5. The van der Waals surface area contributed by atoms with Crippen LogP contribution in [0.1, 0.15) is 24.0 Å². The van der Waals surface area contributed by atoms with Crippen LogP contribution in [0.3, 0.4) is 0 Å². The number of rotatable bonds is 8. The van der Waals surface area contributed by atoms with Gasteiger partial charge in [0.25, 0.3) is 0 Å². The Morgan fingerprint density at radius 2 is 1.57 bits per heavy atom. The Hall–Kier alpha value is -3.23. The van der Waals surface area contributed by atoms with Crippen molar-refractivity contribution in [2.45, 2.75) is 24.8 Å². The molecule has 0 saturated heterocycles. The van der Waals surface area contributed by atoms with Crippen molar-refractivity contribution in [1.82, 2.24) is 5.32 Å². The van der Waals surface area contributed by atoms with Crippen LogP contribution < -0.4 is 11.1 Å². The number of ether oxygens (including phenoxy) is 1. The Bertz CT molecular complexity index is 871. The van der Waals surface area contributed by atoms with E-state index in [1.54, 1.807) is 0 Å². The number of nitrogens with two attached hydrogens (primary N) is 1. The molecule has 0 aliphatic heterocycles. The predicted octanol–water partition coefficient (Wildman–Crippen LogP) is 1.65. The molecule has 0 saturated carbocycles. The first-order chi connectivity index (χ1) is 14.4. The third-order valence-corrected chi connectivity index (χ3v) is 4.90. The second-order valence-corrected chi connectivity index (χ2v) is 6.83. The number of carbonyl (C=O) groups excluding carboxylic acids is 1. The van der Waals surface area contributed by atoms with Crippen LogP contribution in [0.25, 0.3) is 11.1 Å². The predicted molar refractivity (Wildman–Crippen MR) is 111 cm³/mol. The Morgan fingerprint density at radius 1 is 1.03 bits per heavy atom. The SMILES string of the molecule is COC(=O)C(CCCN)(NCC(=O)O)C(=O)O.c1ccc2c(c1)Cc1ccccc1-2. The molecule has 160 valence electrons. The Kier molecular flexibility index (Phi) is 8.08. The molecule has 30 heavy (non-hydrogen) atoms. The molecule has 0 bridgehead atoms. The monoisotopic (exact) mass is 414 g/mol. The summed E-state index contributed by atoms with van der Waals surface area (Å²) in [7, 11) is 1.03. The average Bonchev–Trinajstić information content (AvgIpc) is 3.12. The minimum absolute atomic E-state index is 0.140. The van der Waals surface area contributed by atoms with E-state index >= 15 is 0 Å². The quantitative estimate of drug-likeness (QED) is 0.322. The largest absolute Gasteiger partial charge is 0.480 e. The van der Waals surface area contributed by atoms with Crippen molar-refractivity contribution in [2.75, 3.05) is 20.2 Å². The van der Waals surface area contributed by atoms with Crippen LogP contribution in [-0.2, 0) is 25.5 Å². The van der Waals surface area contributed by atoms with Crippen molar-refractivity contribution >= 4 is 17.9 Å². The van der Waals surface area contributed by atoms with Crippen LogP contribution >= 0.6 is 0 Å². The van der Waals surface area contributed by atoms with Crippen LogP contribution in [0.15, 0.2) is 48.5 Å². The van der Waals surface area contributed by atoms with Gasteiger partial charge in [0.1, 0.15) is 0 Å². The van der Waals surface area contributed by atoms with E-state index in [0.717, 1.165) is 13.5 Å². The summed E-state index contributed by atoms with van der Waals surface area (Å²) >= 11 is 0. The highest BCUT2D eigenvalue weighted by Crippen LogP contribution is 2.35. The molecule has 0 fully saturated rings. The van der Waals surface area contributed by atoms with E-state index in [1.807, 2.05) is 0 Å². The number of carboxylic acids is 2. The molecule has 8 heteroatoms. The second-order valence-electron chi connectivity index (χ2n) is 6.83. The van der Waals surface area contributed by atoms with Gasteiger partial charge in [-0.05, 0) is 48.1 Å². The van der Waals surface area contributed by atoms with Gasteiger partial charge >= 0.3 is 17.9 Å². The molecule has 0 amide bonds. The van der Waals surface area contributed by atoms with Gasteiger partial charge in [-0.1, -0.05) is 48.5 Å². The summed E-state index contributed by atoms with van der Waals surface area (Å²) in [6.07, 6.45) is 1.21. The van der Waals surface area contributed by atoms with Crippen molar-refractivity contribution in [2.24, 2.45) is 5.73 Å². The number of carbonyl (C=O) groups is 3. The lowest BCUT2D eigenvalue weighted by Crippen LogP contribution is -2.60. The fourth-order valence-electron chi connectivity index (χ4n) is 3.38. The maximum absolute atomic E-state index is 11.5. The number of hydrogen-bond donors (Lipinski definition) is 4. The number of carboxylic acid groups (broad SMARTS) is 2. The van der Waals surface area contributed by atoms with Gasteiger partial charge in [-0.15, -0.1) is 0 Å². The third kappa shape index (κ3) is 5.22. The maximum Gasteiger partial charge on any atom is 0.337 e. The number of nitrogens with one attached hydrogen (secondary N) is 1. The van der Waals surface area contributed by atoms with E-state index < -0.39 is 30.0 Å². The Morgan fingerprint density at radius 3 is 2.00 bits per heavy atom. The molecule has 1 aliphatic rings. The molecule has 0 aromatic heterocycles. The van der Waals surface area contributed by atoms with E-state index in [9.17, 15) is 14.4 Å². The molecular formula is C22H26N2O6. The van der Waals surface area contributed by atoms with Gasteiger partial charge in [-0.3, -0.25) is 10.1 Å². The van der Waals surface area contributed by atoms with Gasteiger partial charge in [0.15, 0.2) is 0 Å². The van der Waals surface area contributed by atoms with Gasteiger partial charge in [0.2, 0.25) is 5.54 Å². The summed E-state index contributed by atoms with van der Waals surface area (Å²) in [4.78, 5) is 33.1. The molecule has 2 aromatic rings. The fraction of sp³-hybridized carbons (Fsp3) is 0.318. The van der Waals surface area contributed by atoms with E-state index in [1.165, 1.54) is 22.3 Å². The molecule has 5 N–H and O–H groups in total. The molecule has 1 unspecified atom stereocenters. The van der Waals surface area contributed by atoms with Crippen molar-refractivity contribution in [3.63, 3.8) is 0 Å². The first-order valence-corrected chi connectivity index (χ1v) is 9.50. The molecule has 0 spiro atoms. The normalized spacial score (nSPS) is 13.1. The van der Waals surface area contributed by atoms with Crippen LogP contribution in [0.2, 0.25) is 0 Å². The van der Waals surface area contributed by atoms with Crippen molar-refractivity contribution in [1.29, 1.82) is 0 Å². The minimum Gasteiger partial charge on any atom is -0.480 e. The van der Waals surface area contributed by atoms with Gasteiger partial charge in [-0.2, -0.15) is 0 Å². The first-order valence-electron chi connectivity index (χ1n) is 9.50. The minimum atomic E-state index is -2.06. The molecule has 1 aliphatic carbocycles. The maximum atomic E-state index is 11.5. The van der Waals surface area contributed by atoms with Crippen molar-refractivity contribution in [3.8, 4) is 11.1 Å². The summed E-state index contributed by atoms with van der Waals surface area (Å²) in [6, 6.07) is 17.3. The standard InChI is InChI=1S/C13H10.C9H16N2O6/c1-3-7-12-10(5-1)9-11-6-2-4-8-13(11)12;1-17-8(16)9(7(14)15,3-2-4-10)11-5-6(12)13/h1-8H,9H2;11H,2-5,10H2,1H3,(H,12,13)(H,14,15). The highest BCUT2D eigenvalue weighted by Gasteiger charge is 2.47. The number of benzene rings is 2. The summed E-state index contributed by atoms with van der Waals surface area (Å²) in [6.45, 7) is -0.479. The highest BCUT2D eigenvalue weighted by molar-refractivity contribution is 6.04. The number of aliphatic carboxylic acids is 2. The molecule has 0 heterocycles. The molecule has 3 rings (SSSR count). The molecule has 2 aromatic carbocycles. The van der Waals surface area contributed by atoms with E-state index in [4.69, 9.17) is 15.9 Å². The second kappa shape index (κ2) is 10.5. The number of methoxy groups -OCH3 is 1.